The minimum atomic E-state index is -1.19. The van der Waals surface area contributed by atoms with Crippen LogP contribution in [0.25, 0.3) is 0 Å². The Bertz CT molecular complexity index is 736. The van der Waals surface area contributed by atoms with Crippen LogP contribution in [0.15, 0.2) is 30.3 Å². The quantitative estimate of drug-likeness (QED) is 0.911. The smallest absolute Gasteiger partial charge is 0.338 e. The Hall–Kier alpha value is -2.21. The van der Waals surface area contributed by atoms with E-state index in [1.165, 1.54) is 0 Å². The van der Waals surface area contributed by atoms with Crippen molar-refractivity contribution < 1.29 is 19.8 Å². The van der Waals surface area contributed by atoms with Crippen molar-refractivity contribution in [1.82, 2.24) is 4.57 Å². The molecule has 2 N–H and O–H groups in total. The monoisotopic (exact) mass is 303 g/mol. The number of carboxylic acid groups (broad SMARTS) is 2. The number of thioether (sulfide) groups is 1. The van der Waals surface area contributed by atoms with Crippen molar-refractivity contribution in [2.24, 2.45) is 0 Å². The van der Waals surface area contributed by atoms with Crippen molar-refractivity contribution in [1.29, 1.82) is 0 Å². The maximum Gasteiger partial charge on any atom is 0.338 e. The third-order valence-electron chi connectivity index (χ3n) is 3.68. The summed E-state index contributed by atoms with van der Waals surface area (Å²) in [5.74, 6) is -1.88. The Morgan fingerprint density at radius 1 is 1.14 bits per heavy atom. The fourth-order valence-corrected chi connectivity index (χ4v) is 4.20. The molecule has 6 heteroatoms. The summed E-state index contributed by atoms with van der Waals surface area (Å²) < 4.78 is 1.84. The Morgan fingerprint density at radius 2 is 1.76 bits per heavy atom. The van der Waals surface area contributed by atoms with Crippen LogP contribution in [0.5, 0.6) is 0 Å². The second kappa shape index (κ2) is 4.96. The van der Waals surface area contributed by atoms with Crippen LogP contribution in [-0.2, 0) is 5.75 Å². The third kappa shape index (κ3) is 2.03. The molecule has 2 aromatic rings. The number of fused-ring (bicyclic) bond motifs is 1. The molecule has 2 heterocycles. The van der Waals surface area contributed by atoms with Gasteiger partial charge in [0.05, 0.1) is 11.1 Å². The molecule has 1 aromatic heterocycles. The maximum absolute atomic E-state index is 11.5. The highest BCUT2D eigenvalue weighted by molar-refractivity contribution is 7.99. The van der Waals surface area contributed by atoms with E-state index in [0.717, 1.165) is 5.56 Å². The zero-order chi connectivity index (χ0) is 15.1. The molecule has 0 unspecified atom stereocenters. The van der Waals surface area contributed by atoms with Gasteiger partial charge < -0.3 is 14.8 Å². The lowest BCUT2D eigenvalue weighted by Gasteiger charge is -2.15. The van der Waals surface area contributed by atoms with Crippen molar-refractivity contribution in [2.45, 2.75) is 18.1 Å². The normalized spacial score (nSPS) is 16.7. The lowest BCUT2D eigenvalue weighted by Crippen LogP contribution is -2.08. The zero-order valence-electron chi connectivity index (χ0n) is 11.2. The van der Waals surface area contributed by atoms with Crippen molar-refractivity contribution in [2.75, 3.05) is 0 Å². The summed E-state index contributed by atoms with van der Waals surface area (Å²) >= 11 is 1.60. The van der Waals surface area contributed by atoms with Gasteiger partial charge in [-0.05, 0) is 12.5 Å². The number of hydrogen-bond acceptors (Lipinski definition) is 3. The minimum Gasteiger partial charge on any atom is -0.478 e. The number of aromatic nitrogens is 1. The molecule has 0 amide bonds. The Morgan fingerprint density at radius 3 is 2.33 bits per heavy atom. The molecule has 1 aromatic carbocycles. The first-order valence-electron chi connectivity index (χ1n) is 6.39. The highest BCUT2D eigenvalue weighted by Crippen LogP contribution is 2.45. The highest BCUT2D eigenvalue weighted by atomic mass is 32.2. The molecule has 0 radical (unpaired) electrons. The molecule has 5 nitrogen and oxygen atoms in total. The van der Waals surface area contributed by atoms with Crippen LogP contribution in [-0.4, -0.2) is 26.7 Å². The summed E-state index contributed by atoms with van der Waals surface area (Å²) in [6, 6.07) is 9.68. The average molecular weight is 303 g/mol. The zero-order valence-corrected chi connectivity index (χ0v) is 12.1. The van der Waals surface area contributed by atoms with Crippen molar-refractivity contribution in [3.8, 4) is 0 Å². The first-order valence-corrected chi connectivity index (χ1v) is 7.44. The van der Waals surface area contributed by atoms with Crippen LogP contribution in [0.1, 0.15) is 43.0 Å². The summed E-state index contributed by atoms with van der Waals surface area (Å²) in [5, 5.41) is 18.6. The highest BCUT2D eigenvalue weighted by Gasteiger charge is 2.36. The molecule has 1 aliphatic rings. The molecule has 0 saturated carbocycles. The van der Waals surface area contributed by atoms with Crippen LogP contribution in [0.2, 0.25) is 0 Å². The molecule has 3 rings (SSSR count). The third-order valence-corrected chi connectivity index (χ3v) is 4.92. The summed E-state index contributed by atoms with van der Waals surface area (Å²) in [6.45, 7) is 1.67. The Balaban J connectivity index is 2.22. The van der Waals surface area contributed by atoms with E-state index in [2.05, 4.69) is 0 Å². The van der Waals surface area contributed by atoms with Crippen LogP contribution >= 0.6 is 11.8 Å². The molecule has 1 aliphatic heterocycles. The molecule has 108 valence electrons. The van der Waals surface area contributed by atoms with E-state index in [0.29, 0.717) is 17.1 Å². The van der Waals surface area contributed by atoms with Crippen molar-refractivity contribution in [3.05, 3.63) is 58.4 Å². The number of aromatic carboxylic acids is 2. The standard InChI is InChI=1S/C15H13NO4S/c1-8-11(14(17)18)12(15(19)20)10-7-21-13(16(8)10)9-5-3-2-4-6-9/h2-6,13H,7H2,1H3,(H,17,18)(H,19,20)/t13-/m0/s1. The first-order chi connectivity index (χ1) is 10.0. The predicted octanol–water partition coefficient (Wildman–Crippen LogP) is 2.99. The SMILES string of the molecule is Cc1c(C(=O)O)c(C(=O)O)c2n1[C@H](c1ccccc1)SC2. The molecule has 0 spiro atoms. The summed E-state index contributed by atoms with van der Waals surface area (Å²) in [6.07, 6.45) is 0. The number of benzene rings is 1. The lowest BCUT2D eigenvalue weighted by molar-refractivity contribution is 0.0651. The molecule has 1 atom stereocenters. The average Bonchev–Trinajstić information content (AvgIpc) is 2.99. The summed E-state index contributed by atoms with van der Waals surface area (Å²) in [4.78, 5) is 22.9. The molecule has 0 fully saturated rings. The van der Waals surface area contributed by atoms with Crippen LogP contribution in [0, 0.1) is 6.92 Å². The van der Waals surface area contributed by atoms with E-state index >= 15 is 0 Å². The van der Waals surface area contributed by atoms with Gasteiger partial charge in [0.15, 0.2) is 0 Å². The van der Waals surface area contributed by atoms with Gasteiger partial charge in [0.25, 0.3) is 0 Å². The molecular weight excluding hydrogens is 290 g/mol. The van der Waals surface area contributed by atoms with E-state index in [1.807, 2.05) is 34.9 Å². The molecular formula is C15H13NO4S. The largest absolute Gasteiger partial charge is 0.478 e. The second-order valence-electron chi connectivity index (χ2n) is 4.84. The molecule has 0 bridgehead atoms. The van der Waals surface area contributed by atoms with Gasteiger partial charge >= 0.3 is 11.9 Å². The van der Waals surface area contributed by atoms with Crippen molar-refractivity contribution in [3.63, 3.8) is 0 Å². The first kappa shape index (κ1) is 13.8. The number of hydrogen-bond donors (Lipinski definition) is 2. The van der Waals surface area contributed by atoms with E-state index in [9.17, 15) is 19.8 Å². The topological polar surface area (TPSA) is 79.5 Å². The van der Waals surface area contributed by atoms with Gasteiger partial charge in [-0.1, -0.05) is 30.3 Å². The lowest BCUT2D eigenvalue weighted by atomic mass is 10.1. The molecule has 0 aliphatic carbocycles. The van der Waals surface area contributed by atoms with Gasteiger partial charge in [0.1, 0.15) is 5.37 Å². The Kier molecular flexibility index (Phi) is 3.25. The second-order valence-corrected chi connectivity index (χ2v) is 5.90. The molecule has 21 heavy (non-hydrogen) atoms. The number of nitrogens with zero attached hydrogens (tertiary/aromatic N) is 1. The van der Waals surface area contributed by atoms with Gasteiger partial charge in [0, 0.05) is 17.1 Å². The predicted molar refractivity (Wildman–Crippen MR) is 79.0 cm³/mol. The number of carbonyl (C=O) groups is 2. The number of carboxylic acids is 2. The van der Waals surface area contributed by atoms with E-state index < -0.39 is 11.9 Å². The summed E-state index contributed by atoms with van der Waals surface area (Å²) in [7, 11) is 0. The Labute approximate surface area is 125 Å². The van der Waals surface area contributed by atoms with E-state index in [4.69, 9.17) is 0 Å². The summed E-state index contributed by atoms with van der Waals surface area (Å²) in [5.41, 5.74) is 1.93. The van der Waals surface area contributed by atoms with Gasteiger partial charge in [-0.15, -0.1) is 11.8 Å². The van der Waals surface area contributed by atoms with Crippen molar-refractivity contribution >= 4 is 23.7 Å². The minimum absolute atomic E-state index is 0.0765. The maximum atomic E-state index is 11.5. The van der Waals surface area contributed by atoms with Crippen LogP contribution in [0.3, 0.4) is 0 Å². The van der Waals surface area contributed by atoms with Crippen LogP contribution in [0.4, 0.5) is 0 Å². The van der Waals surface area contributed by atoms with E-state index in [1.54, 1.807) is 18.7 Å². The fraction of sp³-hybridized carbons (Fsp3) is 0.200. The van der Waals surface area contributed by atoms with Crippen LogP contribution < -0.4 is 0 Å². The van der Waals surface area contributed by atoms with Gasteiger partial charge in [-0.2, -0.15) is 0 Å². The van der Waals surface area contributed by atoms with Gasteiger partial charge in [-0.25, -0.2) is 9.59 Å². The molecule has 0 saturated heterocycles. The van der Waals surface area contributed by atoms with Gasteiger partial charge in [0.2, 0.25) is 0 Å². The van der Waals surface area contributed by atoms with E-state index in [-0.39, 0.29) is 16.5 Å². The fourth-order valence-electron chi connectivity index (χ4n) is 2.82. The number of rotatable bonds is 3. The van der Waals surface area contributed by atoms with Gasteiger partial charge in [-0.3, -0.25) is 0 Å².